The van der Waals surface area contributed by atoms with E-state index in [1.165, 1.54) is 0 Å². The average molecular weight is 234 g/mol. The van der Waals surface area contributed by atoms with Crippen LogP contribution in [0, 0.1) is 0 Å². The number of benzene rings is 1. The van der Waals surface area contributed by atoms with Crippen molar-refractivity contribution in [1.82, 2.24) is 5.32 Å². The van der Waals surface area contributed by atoms with Gasteiger partial charge in [0.1, 0.15) is 0 Å². The molecule has 0 saturated heterocycles. The standard InChI is InChI=1S/C13H18N2O2/c1-2-8-15-13(17)7-6-12(16)10-4-3-5-11(14)9-10/h2-5,9,12,16H,1,6-8,14H2,(H,15,17). The first-order valence-corrected chi connectivity index (χ1v) is 5.54. The van der Waals surface area contributed by atoms with Gasteiger partial charge in [0.15, 0.2) is 0 Å². The number of aliphatic hydroxyl groups is 1. The van der Waals surface area contributed by atoms with Crippen LogP contribution < -0.4 is 11.1 Å². The molecule has 1 atom stereocenters. The van der Waals surface area contributed by atoms with Crippen molar-refractivity contribution in [2.45, 2.75) is 18.9 Å². The molecular formula is C13H18N2O2. The Hall–Kier alpha value is -1.81. The number of nitrogen functional groups attached to an aromatic ring is 1. The van der Waals surface area contributed by atoms with Gasteiger partial charge in [0, 0.05) is 18.7 Å². The molecule has 0 aromatic heterocycles. The van der Waals surface area contributed by atoms with Crippen molar-refractivity contribution in [3.8, 4) is 0 Å². The number of hydrogen-bond acceptors (Lipinski definition) is 3. The van der Waals surface area contributed by atoms with Crippen LogP contribution in [0.25, 0.3) is 0 Å². The average Bonchev–Trinajstić information content (AvgIpc) is 2.33. The summed E-state index contributed by atoms with van der Waals surface area (Å²) in [6.07, 6.45) is 1.62. The Morgan fingerprint density at radius 1 is 1.59 bits per heavy atom. The maximum Gasteiger partial charge on any atom is 0.220 e. The maximum atomic E-state index is 11.3. The number of aliphatic hydroxyl groups excluding tert-OH is 1. The Labute approximate surface area is 101 Å². The van der Waals surface area contributed by atoms with E-state index in [0.29, 0.717) is 18.7 Å². The summed E-state index contributed by atoms with van der Waals surface area (Å²) < 4.78 is 0. The number of rotatable bonds is 6. The number of hydrogen-bond donors (Lipinski definition) is 3. The van der Waals surface area contributed by atoms with Crippen molar-refractivity contribution in [1.29, 1.82) is 0 Å². The van der Waals surface area contributed by atoms with Gasteiger partial charge in [-0.25, -0.2) is 0 Å². The van der Waals surface area contributed by atoms with Gasteiger partial charge >= 0.3 is 0 Å². The van der Waals surface area contributed by atoms with Crippen molar-refractivity contribution in [2.24, 2.45) is 0 Å². The molecule has 0 spiro atoms. The molecule has 1 amide bonds. The van der Waals surface area contributed by atoms with Crippen LogP contribution in [0.1, 0.15) is 24.5 Å². The highest BCUT2D eigenvalue weighted by atomic mass is 16.3. The topological polar surface area (TPSA) is 75.3 Å². The Bertz CT molecular complexity index is 391. The van der Waals surface area contributed by atoms with Crippen molar-refractivity contribution in [3.05, 3.63) is 42.5 Å². The zero-order chi connectivity index (χ0) is 12.7. The summed E-state index contributed by atoms with van der Waals surface area (Å²) in [6.45, 7) is 3.96. The zero-order valence-corrected chi connectivity index (χ0v) is 9.73. The lowest BCUT2D eigenvalue weighted by Gasteiger charge is -2.11. The largest absolute Gasteiger partial charge is 0.399 e. The van der Waals surface area contributed by atoms with Gasteiger partial charge < -0.3 is 16.2 Å². The molecule has 0 radical (unpaired) electrons. The van der Waals surface area contributed by atoms with Crippen LogP contribution in [-0.2, 0) is 4.79 Å². The van der Waals surface area contributed by atoms with Gasteiger partial charge in [0.2, 0.25) is 5.91 Å². The molecule has 17 heavy (non-hydrogen) atoms. The lowest BCUT2D eigenvalue weighted by Crippen LogP contribution is -2.23. The normalized spacial score (nSPS) is 11.8. The van der Waals surface area contributed by atoms with E-state index in [9.17, 15) is 9.90 Å². The molecule has 1 unspecified atom stereocenters. The monoisotopic (exact) mass is 234 g/mol. The molecule has 0 heterocycles. The first-order valence-electron chi connectivity index (χ1n) is 5.54. The zero-order valence-electron chi connectivity index (χ0n) is 9.73. The van der Waals surface area contributed by atoms with Gasteiger partial charge in [-0.05, 0) is 24.1 Å². The first kappa shape index (κ1) is 13.3. The Morgan fingerprint density at radius 2 is 2.35 bits per heavy atom. The van der Waals surface area contributed by atoms with E-state index in [4.69, 9.17) is 5.73 Å². The smallest absolute Gasteiger partial charge is 0.220 e. The van der Waals surface area contributed by atoms with E-state index in [-0.39, 0.29) is 12.3 Å². The maximum absolute atomic E-state index is 11.3. The molecular weight excluding hydrogens is 216 g/mol. The van der Waals surface area contributed by atoms with Crippen LogP contribution in [-0.4, -0.2) is 17.6 Å². The highest BCUT2D eigenvalue weighted by molar-refractivity contribution is 5.76. The number of carbonyl (C=O) groups is 1. The van der Waals surface area contributed by atoms with E-state index in [0.717, 1.165) is 5.56 Å². The van der Waals surface area contributed by atoms with Crippen molar-refractivity contribution < 1.29 is 9.90 Å². The van der Waals surface area contributed by atoms with Gasteiger partial charge in [-0.1, -0.05) is 18.2 Å². The minimum Gasteiger partial charge on any atom is -0.399 e. The van der Waals surface area contributed by atoms with E-state index in [1.807, 2.05) is 0 Å². The second-order valence-corrected chi connectivity index (χ2v) is 3.82. The summed E-state index contributed by atoms with van der Waals surface area (Å²) >= 11 is 0. The minimum absolute atomic E-state index is 0.0900. The quantitative estimate of drug-likeness (QED) is 0.514. The highest BCUT2D eigenvalue weighted by Gasteiger charge is 2.10. The van der Waals surface area contributed by atoms with Crippen LogP contribution in [0.2, 0.25) is 0 Å². The highest BCUT2D eigenvalue weighted by Crippen LogP contribution is 2.19. The van der Waals surface area contributed by atoms with Crippen molar-refractivity contribution in [3.63, 3.8) is 0 Å². The third-order valence-electron chi connectivity index (χ3n) is 2.38. The fraction of sp³-hybridized carbons (Fsp3) is 0.308. The lowest BCUT2D eigenvalue weighted by molar-refractivity contribution is -0.121. The predicted molar refractivity (Wildman–Crippen MR) is 68.3 cm³/mol. The summed E-state index contributed by atoms with van der Waals surface area (Å²) in [6, 6.07) is 7.05. The molecule has 4 N–H and O–H groups in total. The number of anilines is 1. The first-order chi connectivity index (χ1) is 8.13. The second kappa shape index (κ2) is 6.70. The molecule has 4 nitrogen and oxygen atoms in total. The number of nitrogens with one attached hydrogen (secondary N) is 1. The summed E-state index contributed by atoms with van der Waals surface area (Å²) in [5.41, 5.74) is 6.96. The molecule has 0 bridgehead atoms. The molecule has 0 aliphatic rings. The van der Waals surface area contributed by atoms with E-state index >= 15 is 0 Å². The summed E-state index contributed by atoms with van der Waals surface area (Å²) in [5.74, 6) is -0.0900. The SMILES string of the molecule is C=CCNC(=O)CCC(O)c1cccc(N)c1. The molecule has 1 aromatic rings. The Morgan fingerprint density at radius 3 is 3.00 bits per heavy atom. The summed E-state index contributed by atoms with van der Waals surface area (Å²) in [5, 5.41) is 12.5. The van der Waals surface area contributed by atoms with Crippen LogP contribution in [0.5, 0.6) is 0 Å². The van der Waals surface area contributed by atoms with Crippen LogP contribution in [0.4, 0.5) is 5.69 Å². The van der Waals surface area contributed by atoms with E-state index < -0.39 is 6.10 Å². The van der Waals surface area contributed by atoms with Gasteiger partial charge in [-0.3, -0.25) is 4.79 Å². The van der Waals surface area contributed by atoms with Gasteiger partial charge in [-0.2, -0.15) is 0 Å². The molecule has 0 saturated carbocycles. The third-order valence-corrected chi connectivity index (χ3v) is 2.38. The summed E-state index contributed by atoms with van der Waals surface area (Å²) in [4.78, 5) is 11.3. The van der Waals surface area contributed by atoms with Gasteiger partial charge in [0.05, 0.1) is 6.10 Å². The lowest BCUT2D eigenvalue weighted by atomic mass is 10.0. The van der Waals surface area contributed by atoms with E-state index in [2.05, 4.69) is 11.9 Å². The Kier molecular flexibility index (Phi) is 5.23. The minimum atomic E-state index is -0.659. The summed E-state index contributed by atoms with van der Waals surface area (Å²) in [7, 11) is 0. The molecule has 92 valence electrons. The molecule has 0 aliphatic carbocycles. The van der Waals surface area contributed by atoms with E-state index in [1.54, 1.807) is 30.3 Å². The fourth-order valence-corrected chi connectivity index (χ4v) is 1.48. The van der Waals surface area contributed by atoms with Gasteiger partial charge in [0.25, 0.3) is 0 Å². The number of carbonyl (C=O) groups excluding carboxylic acids is 1. The van der Waals surface area contributed by atoms with Gasteiger partial charge in [-0.15, -0.1) is 6.58 Å². The molecule has 0 fully saturated rings. The predicted octanol–water partition coefficient (Wildman–Crippen LogP) is 1.38. The number of nitrogens with two attached hydrogens (primary N) is 1. The molecule has 4 heteroatoms. The van der Waals surface area contributed by atoms with Crippen molar-refractivity contribution >= 4 is 11.6 Å². The molecule has 1 rings (SSSR count). The third kappa shape index (κ3) is 4.70. The fourth-order valence-electron chi connectivity index (χ4n) is 1.48. The number of amides is 1. The van der Waals surface area contributed by atoms with Crippen LogP contribution >= 0.6 is 0 Å². The van der Waals surface area contributed by atoms with Crippen molar-refractivity contribution in [2.75, 3.05) is 12.3 Å². The molecule has 1 aromatic carbocycles. The second-order valence-electron chi connectivity index (χ2n) is 3.82. The Balaban J connectivity index is 2.41. The van der Waals surface area contributed by atoms with Crippen LogP contribution in [0.3, 0.4) is 0 Å². The van der Waals surface area contributed by atoms with Crippen LogP contribution in [0.15, 0.2) is 36.9 Å². The molecule has 0 aliphatic heterocycles.